The predicted molar refractivity (Wildman–Crippen MR) is 122 cm³/mol. The number of aliphatic hydroxyl groups excluding tert-OH is 1. The van der Waals surface area contributed by atoms with Crippen LogP contribution < -0.4 is 19.5 Å². The summed E-state index contributed by atoms with van der Waals surface area (Å²) < 4.78 is 16.7. The minimum atomic E-state index is -0.916. The molecule has 1 amide bonds. The molecule has 4 rings (SSSR count). The van der Waals surface area contributed by atoms with Crippen molar-refractivity contribution in [1.29, 1.82) is 0 Å². The summed E-state index contributed by atoms with van der Waals surface area (Å²) in [5.41, 5.74) is 0.657. The second kappa shape index (κ2) is 10.6. The molecule has 7 nitrogen and oxygen atoms in total. The number of halogens is 2. The molecule has 1 saturated heterocycles. The molecule has 0 saturated carbocycles. The van der Waals surface area contributed by atoms with Crippen LogP contribution in [0.5, 0.6) is 17.2 Å². The minimum absolute atomic E-state index is 0.206. The molecule has 0 aliphatic carbocycles. The zero-order valence-electron chi connectivity index (χ0n) is 17.6. The van der Waals surface area contributed by atoms with Gasteiger partial charge in [0.1, 0.15) is 25.1 Å². The normalized spacial score (nSPS) is 17.6. The zero-order chi connectivity index (χ0) is 22.5. The number of carbonyl (C=O) groups is 1. The van der Waals surface area contributed by atoms with Gasteiger partial charge >= 0.3 is 0 Å². The number of nitrogens with zero attached hydrogens (tertiary/aromatic N) is 1. The van der Waals surface area contributed by atoms with Crippen molar-refractivity contribution in [1.82, 2.24) is 10.2 Å². The van der Waals surface area contributed by atoms with E-state index in [1.807, 2.05) is 0 Å². The van der Waals surface area contributed by atoms with Crippen LogP contribution in [0.2, 0.25) is 10.0 Å². The van der Waals surface area contributed by atoms with E-state index in [4.69, 9.17) is 37.4 Å². The van der Waals surface area contributed by atoms with Crippen LogP contribution in [0.1, 0.15) is 24.5 Å². The van der Waals surface area contributed by atoms with Gasteiger partial charge in [-0.05, 0) is 55.8 Å². The number of hydrogen-bond donors (Lipinski definition) is 2. The lowest BCUT2D eigenvalue weighted by atomic mass is 10.0. The summed E-state index contributed by atoms with van der Waals surface area (Å²) in [6.07, 6.45) is 1.31. The molecule has 0 radical (unpaired) electrons. The van der Waals surface area contributed by atoms with Crippen LogP contribution in [-0.2, 0) is 4.79 Å². The summed E-state index contributed by atoms with van der Waals surface area (Å²) in [5, 5.41) is 14.8. The van der Waals surface area contributed by atoms with Crippen LogP contribution in [0, 0.1) is 0 Å². The second-order valence-corrected chi connectivity index (χ2v) is 8.71. The van der Waals surface area contributed by atoms with Gasteiger partial charge in [-0.25, -0.2) is 0 Å². The number of aliphatic hydroxyl groups is 1. The molecule has 0 bridgehead atoms. The van der Waals surface area contributed by atoms with E-state index in [1.165, 1.54) is 0 Å². The van der Waals surface area contributed by atoms with Gasteiger partial charge in [0.25, 0.3) is 5.91 Å². The summed E-state index contributed by atoms with van der Waals surface area (Å²) in [7, 11) is 0. The smallest absolute Gasteiger partial charge is 0.258 e. The van der Waals surface area contributed by atoms with Gasteiger partial charge in [0.05, 0.1) is 16.1 Å². The number of fused-ring (bicyclic) bond motifs is 1. The lowest BCUT2D eigenvalue weighted by molar-refractivity contribution is -0.124. The number of nitrogens with one attached hydrogen (secondary N) is 1. The van der Waals surface area contributed by atoms with Gasteiger partial charge in [-0.1, -0.05) is 29.3 Å². The van der Waals surface area contributed by atoms with Gasteiger partial charge in [0.2, 0.25) is 0 Å². The summed E-state index contributed by atoms with van der Waals surface area (Å²) >= 11 is 11.9. The molecule has 9 heteroatoms. The molecule has 0 spiro atoms. The van der Waals surface area contributed by atoms with Crippen molar-refractivity contribution < 1.29 is 24.1 Å². The van der Waals surface area contributed by atoms with Crippen molar-refractivity contribution in [2.24, 2.45) is 0 Å². The fourth-order valence-electron chi connectivity index (χ4n) is 3.91. The number of hydrogen-bond acceptors (Lipinski definition) is 6. The minimum Gasteiger partial charge on any atom is -0.486 e. The Kier molecular flexibility index (Phi) is 7.63. The van der Waals surface area contributed by atoms with Crippen molar-refractivity contribution in [2.45, 2.75) is 25.0 Å². The van der Waals surface area contributed by atoms with E-state index < -0.39 is 12.1 Å². The molecule has 2 atom stereocenters. The Balaban J connectivity index is 1.43. The molecular weight excluding hydrogens is 455 g/mol. The van der Waals surface area contributed by atoms with Gasteiger partial charge in [0.15, 0.2) is 18.1 Å². The molecule has 2 aliphatic rings. The van der Waals surface area contributed by atoms with Crippen LogP contribution >= 0.6 is 23.2 Å². The molecule has 172 valence electrons. The number of carbonyl (C=O) groups excluding carboxylic acids is 1. The summed E-state index contributed by atoms with van der Waals surface area (Å²) in [6.45, 7) is 3.18. The number of rotatable bonds is 8. The average molecular weight is 481 g/mol. The van der Waals surface area contributed by atoms with E-state index in [0.717, 1.165) is 25.9 Å². The number of ether oxygens (including phenoxy) is 3. The summed E-state index contributed by atoms with van der Waals surface area (Å²) in [4.78, 5) is 14.9. The fraction of sp³-hybridized carbons (Fsp3) is 0.435. The lowest BCUT2D eigenvalue weighted by Gasteiger charge is -2.29. The topological polar surface area (TPSA) is 80.3 Å². The Morgan fingerprint density at radius 3 is 2.56 bits per heavy atom. The van der Waals surface area contributed by atoms with Crippen molar-refractivity contribution in [3.8, 4) is 17.2 Å². The highest BCUT2D eigenvalue weighted by atomic mass is 35.5. The Morgan fingerprint density at radius 1 is 1.06 bits per heavy atom. The fourth-order valence-corrected chi connectivity index (χ4v) is 4.20. The Morgan fingerprint density at radius 2 is 1.81 bits per heavy atom. The van der Waals surface area contributed by atoms with Gasteiger partial charge in [-0.15, -0.1) is 0 Å². The third-order valence-electron chi connectivity index (χ3n) is 5.55. The van der Waals surface area contributed by atoms with Crippen LogP contribution in [0.15, 0.2) is 36.4 Å². The average Bonchev–Trinajstić information content (AvgIpc) is 3.32. The van der Waals surface area contributed by atoms with E-state index in [-0.39, 0.29) is 12.5 Å². The third-order valence-corrected chi connectivity index (χ3v) is 6.29. The van der Waals surface area contributed by atoms with Gasteiger partial charge in [-0.2, -0.15) is 0 Å². The molecule has 2 aliphatic heterocycles. The highest BCUT2D eigenvalue weighted by molar-refractivity contribution is 6.42. The predicted octanol–water partition coefficient (Wildman–Crippen LogP) is 3.46. The van der Waals surface area contributed by atoms with Crippen LogP contribution in [0.25, 0.3) is 0 Å². The molecular formula is C23H26Cl2N2O5. The lowest BCUT2D eigenvalue weighted by Crippen LogP contribution is -2.48. The summed E-state index contributed by atoms with van der Waals surface area (Å²) in [5.74, 6) is 1.36. The number of likely N-dealkylation sites (tertiary alicyclic amines) is 1. The highest BCUT2D eigenvalue weighted by Crippen LogP contribution is 2.33. The largest absolute Gasteiger partial charge is 0.486 e. The van der Waals surface area contributed by atoms with Crippen LogP contribution in [-0.4, -0.2) is 61.4 Å². The third kappa shape index (κ3) is 5.78. The van der Waals surface area contributed by atoms with Crippen molar-refractivity contribution in [2.75, 3.05) is 39.5 Å². The molecule has 0 aromatic heterocycles. The maximum atomic E-state index is 12.7. The SMILES string of the molecule is O=C(COc1ccc(Cl)c(Cl)c1)N[C@H](CN1CCCC1)[C@H](O)c1ccc2c(c1)OCCO2. The zero-order valence-corrected chi connectivity index (χ0v) is 19.1. The summed E-state index contributed by atoms with van der Waals surface area (Å²) in [6, 6.07) is 9.66. The standard InChI is InChI=1S/C23H26Cl2N2O5/c24-17-5-4-16(12-18(17)25)32-14-22(28)26-19(13-27-7-1-2-8-27)23(29)15-3-6-20-21(11-15)31-10-9-30-20/h3-6,11-12,19,23,29H,1-2,7-10,13-14H2,(H,26,28)/t19-,23-/m1/s1. The molecule has 1 fully saturated rings. The quantitative estimate of drug-likeness (QED) is 0.602. The van der Waals surface area contributed by atoms with Crippen molar-refractivity contribution in [3.63, 3.8) is 0 Å². The molecule has 2 N–H and O–H groups in total. The maximum absolute atomic E-state index is 12.7. The van der Waals surface area contributed by atoms with E-state index in [2.05, 4.69) is 10.2 Å². The van der Waals surface area contributed by atoms with Crippen LogP contribution in [0.3, 0.4) is 0 Å². The first-order valence-corrected chi connectivity index (χ1v) is 11.4. The van der Waals surface area contributed by atoms with Crippen molar-refractivity contribution >= 4 is 29.1 Å². The molecule has 2 aromatic rings. The first kappa shape index (κ1) is 23.0. The van der Waals surface area contributed by atoms with E-state index in [9.17, 15) is 9.90 Å². The second-order valence-electron chi connectivity index (χ2n) is 7.89. The number of amides is 1. The molecule has 0 unspecified atom stereocenters. The monoisotopic (exact) mass is 480 g/mol. The van der Waals surface area contributed by atoms with Crippen LogP contribution in [0.4, 0.5) is 0 Å². The molecule has 32 heavy (non-hydrogen) atoms. The Bertz CT molecular complexity index is 952. The first-order valence-electron chi connectivity index (χ1n) is 10.7. The number of benzene rings is 2. The van der Waals surface area contributed by atoms with Crippen molar-refractivity contribution in [3.05, 3.63) is 52.0 Å². The Labute approximate surface area is 197 Å². The van der Waals surface area contributed by atoms with E-state index in [0.29, 0.717) is 52.6 Å². The van der Waals surface area contributed by atoms with Gasteiger partial charge in [-0.3, -0.25) is 4.79 Å². The Hall–Kier alpha value is -2.19. The first-order chi connectivity index (χ1) is 15.5. The van der Waals surface area contributed by atoms with E-state index in [1.54, 1.807) is 36.4 Å². The maximum Gasteiger partial charge on any atom is 0.258 e. The van der Waals surface area contributed by atoms with Gasteiger partial charge in [0, 0.05) is 12.6 Å². The van der Waals surface area contributed by atoms with E-state index >= 15 is 0 Å². The molecule has 2 heterocycles. The van der Waals surface area contributed by atoms with Gasteiger partial charge < -0.3 is 29.5 Å². The molecule has 2 aromatic carbocycles. The highest BCUT2D eigenvalue weighted by Gasteiger charge is 2.28.